The number of carbonyl (C=O) groups excluding carboxylic acids is 1. The van der Waals surface area contributed by atoms with Crippen molar-refractivity contribution in [2.24, 2.45) is 11.7 Å². The molecule has 2 aliphatic carbocycles. The van der Waals surface area contributed by atoms with Gasteiger partial charge in [0.2, 0.25) is 0 Å². The fraction of sp³-hybridized carbons (Fsp3) is 0.440. The van der Waals surface area contributed by atoms with Crippen LogP contribution in [0.15, 0.2) is 30.5 Å². The number of fused-ring (bicyclic) bond motifs is 1. The maximum atomic E-state index is 14.2. The Kier molecular flexibility index (Phi) is 5.59. The van der Waals surface area contributed by atoms with Gasteiger partial charge in [0, 0.05) is 35.1 Å². The normalized spacial score (nSPS) is 21.0. The monoisotopic (exact) mass is 436 g/mol. The zero-order chi connectivity index (χ0) is 22.2. The van der Waals surface area contributed by atoms with Crippen molar-refractivity contribution in [2.45, 2.75) is 57.5 Å². The lowest BCUT2D eigenvalue weighted by molar-refractivity contribution is 0.0927. The summed E-state index contributed by atoms with van der Waals surface area (Å²) in [5.41, 5.74) is 9.99. The lowest BCUT2D eigenvalue weighted by atomic mass is 9.91. The van der Waals surface area contributed by atoms with Gasteiger partial charge in [0.15, 0.2) is 0 Å². The van der Waals surface area contributed by atoms with Gasteiger partial charge in [0.05, 0.1) is 17.7 Å². The summed E-state index contributed by atoms with van der Waals surface area (Å²) < 4.78 is 20.2. The molecule has 5 rings (SSSR count). The van der Waals surface area contributed by atoms with E-state index in [0.717, 1.165) is 36.9 Å². The number of ether oxygens (including phenoxy) is 1. The molecule has 0 aliphatic heterocycles. The van der Waals surface area contributed by atoms with Crippen molar-refractivity contribution in [3.63, 3.8) is 0 Å². The Labute approximate surface area is 186 Å². The first kappa shape index (κ1) is 20.9. The van der Waals surface area contributed by atoms with Crippen LogP contribution in [0.5, 0.6) is 5.75 Å². The molecule has 168 valence electrons. The Balaban J connectivity index is 1.49. The lowest BCUT2D eigenvalue weighted by Gasteiger charge is -2.26. The smallest absolute Gasteiger partial charge is 0.255 e. The fourth-order valence-electron chi connectivity index (χ4n) is 4.56. The quantitative estimate of drug-likeness (QED) is 0.532. The van der Waals surface area contributed by atoms with Gasteiger partial charge in [-0.2, -0.15) is 0 Å². The largest absolute Gasteiger partial charge is 0.493 e. The van der Waals surface area contributed by atoms with Crippen LogP contribution >= 0.6 is 0 Å². The number of halogens is 1. The summed E-state index contributed by atoms with van der Waals surface area (Å²) in [6.45, 7) is 2.50. The van der Waals surface area contributed by atoms with Crippen LogP contribution in [0.1, 0.15) is 54.6 Å². The summed E-state index contributed by atoms with van der Waals surface area (Å²) in [6.07, 6.45) is 7.63. The van der Waals surface area contributed by atoms with E-state index in [1.807, 2.05) is 13.0 Å². The zero-order valence-corrected chi connectivity index (χ0v) is 18.3. The van der Waals surface area contributed by atoms with E-state index in [0.29, 0.717) is 40.4 Å². The van der Waals surface area contributed by atoms with Crippen LogP contribution in [0.25, 0.3) is 22.2 Å². The molecule has 0 atom stereocenters. The Bertz CT molecular complexity index is 1150. The van der Waals surface area contributed by atoms with E-state index in [4.69, 9.17) is 10.5 Å². The van der Waals surface area contributed by atoms with E-state index in [2.05, 4.69) is 15.3 Å². The summed E-state index contributed by atoms with van der Waals surface area (Å²) in [5, 5.41) is 3.16. The highest BCUT2D eigenvalue weighted by molar-refractivity contribution is 6.09. The van der Waals surface area contributed by atoms with Gasteiger partial charge in [-0.3, -0.25) is 9.78 Å². The first-order valence-electron chi connectivity index (χ1n) is 11.5. The van der Waals surface area contributed by atoms with E-state index in [1.165, 1.54) is 25.0 Å². The highest BCUT2D eigenvalue weighted by Crippen LogP contribution is 2.38. The number of aryl methyl sites for hydroxylation is 1. The van der Waals surface area contributed by atoms with Crippen molar-refractivity contribution in [3.8, 4) is 16.9 Å². The van der Waals surface area contributed by atoms with Gasteiger partial charge < -0.3 is 20.8 Å². The molecule has 6 nitrogen and oxygen atoms in total. The first-order chi connectivity index (χ1) is 15.5. The zero-order valence-electron chi connectivity index (χ0n) is 18.3. The number of aromatic nitrogens is 2. The number of nitrogens with one attached hydrogen (secondary N) is 2. The van der Waals surface area contributed by atoms with Crippen molar-refractivity contribution < 1.29 is 13.9 Å². The second-order valence-electron chi connectivity index (χ2n) is 9.19. The minimum atomic E-state index is -0.333. The third-order valence-electron chi connectivity index (χ3n) is 6.61. The Morgan fingerprint density at radius 1 is 1.19 bits per heavy atom. The van der Waals surface area contributed by atoms with Gasteiger partial charge >= 0.3 is 0 Å². The predicted octanol–water partition coefficient (Wildman–Crippen LogP) is 4.47. The van der Waals surface area contributed by atoms with Crippen molar-refractivity contribution in [3.05, 3.63) is 47.5 Å². The number of benzene rings is 1. The average molecular weight is 437 g/mol. The third kappa shape index (κ3) is 4.21. The third-order valence-corrected chi connectivity index (χ3v) is 6.61. The van der Waals surface area contributed by atoms with Gasteiger partial charge in [-0.1, -0.05) is 0 Å². The van der Waals surface area contributed by atoms with E-state index in [1.54, 1.807) is 12.3 Å². The van der Waals surface area contributed by atoms with Crippen LogP contribution in [0.2, 0.25) is 0 Å². The number of amides is 1. The van der Waals surface area contributed by atoms with Crippen LogP contribution in [0.4, 0.5) is 4.39 Å². The van der Waals surface area contributed by atoms with Gasteiger partial charge in [0.25, 0.3) is 5.91 Å². The second-order valence-corrected chi connectivity index (χ2v) is 9.19. The van der Waals surface area contributed by atoms with E-state index < -0.39 is 0 Å². The maximum absolute atomic E-state index is 14.2. The molecule has 2 aromatic heterocycles. The molecule has 1 aromatic carbocycles. The second kappa shape index (κ2) is 8.54. The van der Waals surface area contributed by atoms with Crippen LogP contribution < -0.4 is 15.8 Å². The Hall–Kier alpha value is -2.93. The van der Waals surface area contributed by atoms with Gasteiger partial charge in [-0.05, 0) is 75.6 Å². The first-order valence-corrected chi connectivity index (χ1v) is 11.5. The lowest BCUT2D eigenvalue weighted by Crippen LogP contribution is -2.40. The van der Waals surface area contributed by atoms with E-state index >= 15 is 0 Å². The van der Waals surface area contributed by atoms with Crippen LogP contribution in [-0.2, 0) is 0 Å². The van der Waals surface area contributed by atoms with Gasteiger partial charge in [0.1, 0.15) is 17.1 Å². The fourth-order valence-corrected chi connectivity index (χ4v) is 4.56. The molecule has 3 aromatic rings. The molecule has 2 aliphatic rings. The minimum Gasteiger partial charge on any atom is -0.493 e. The predicted molar refractivity (Wildman–Crippen MR) is 122 cm³/mol. The molecule has 2 saturated carbocycles. The topological polar surface area (TPSA) is 93.0 Å². The van der Waals surface area contributed by atoms with Crippen LogP contribution in [0.3, 0.4) is 0 Å². The summed E-state index contributed by atoms with van der Waals surface area (Å²) in [6, 6.07) is 6.76. The molecule has 2 heterocycles. The molecular formula is C25H29FN4O2. The van der Waals surface area contributed by atoms with Crippen molar-refractivity contribution >= 4 is 16.9 Å². The molecular weight excluding hydrogens is 407 g/mol. The average Bonchev–Trinajstić information content (AvgIpc) is 3.54. The SMILES string of the molecule is Cc1[nH]c2c(-c3cc(F)ccc3OCC3CC3)ccnc2c1C(=O)NC1CCC(N)CC1. The summed E-state index contributed by atoms with van der Waals surface area (Å²) >= 11 is 0. The molecule has 0 bridgehead atoms. The number of aromatic amines is 1. The van der Waals surface area contributed by atoms with Gasteiger partial charge in [-0.25, -0.2) is 4.39 Å². The van der Waals surface area contributed by atoms with Crippen molar-refractivity contribution in [2.75, 3.05) is 6.61 Å². The molecule has 4 N–H and O–H groups in total. The Morgan fingerprint density at radius 3 is 2.72 bits per heavy atom. The number of pyridine rings is 1. The standard InChI is InChI=1S/C25H29FN4O2/c1-14-22(25(31)30-18-7-5-17(27)6-8-18)24-23(29-14)19(10-11-28-24)20-12-16(26)4-9-21(20)32-13-15-2-3-15/h4,9-12,15,17-18,29H,2-3,5-8,13,27H2,1H3,(H,30,31). The number of rotatable bonds is 6. The van der Waals surface area contributed by atoms with Gasteiger partial charge in [-0.15, -0.1) is 0 Å². The van der Waals surface area contributed by atoms with Crippen LogP contribution in [0, 0.1) is 18.7 Å². The highest BCUT2D eigenvalue weighted by atomic mass is 19.1. The summed E-state index contributed by atoms with van der Waals surface area (Å²) in [4.78, 5) is 21.0. The van der Waals surface area contributed by atoms with Crippen LogP contribution in [-0.4, -0.2) is 34.6 Å². The number of nitrogens with two attached hydrogens (primary N) is 1. The molecule has 0 unspecified atom stereocenters. The molecule has 1 amide bonds. The number of hydrogen-bond acceptors (Lipinski definition) is 4. The molecule has 0 saturated heterocycles. The number of hydrogen-bond donors (Lipinski definition) is 3. The summed E-state index contributed by atoms with van der Waals surface area (Å²) in [7, 11) is 0. The molecule has 32 heavy (non-hydrogen) atoms. The van der Waals surface area contributed by atoms with Crippen molar-refractivity contribution in [1.29, 1.82) is 0 Å². The molecule has 0 spiro atoms. The number of H-pyrrole nitrogens is 1. The molecule has 7 heteroatoms. The molecule has 0 radical (unpaired) electrons. The number of carbonyl (C=O) groups is 1. The highest BCUT2D eigenvalue weighted by Gasteiger charge is 2.26. The Morgan fingerprint density at radius 2 is 1.97 bits per heavy atom. The maximum Gasteiger partial charge on any atom is 0.255 e. The molecule has 2 fully saturated rings. The van der Waals surface area contributed by atoms with E-state index in [9.17, 15) is 9.18 Å². The van der Waals surface area contributed by atoms with Crippen molar-refractivity contribution in [1.82, 2.24) is 15.3 Å². The summed E-state index contributed by atoms with van der Waals surface area (Å²) in [5.74, 6) is 0.758. The number of nitrogens with zero attached hydrogens (tertiary/aromatic N) is 1. The minimum absolute atomic E-state index is 0.125. The van der Waals surface area contributed by atoms with E-state index in [-0.39, 0.29) is 23.8 Å².